The van der Waals surface area contributed by atoms with E-state index in [0.717, 1.165) is 23.5 Å². The van der Waals surface area contributed by atoms with Gasteiger partial charge in [-0.25, -0.2) is 4.79 Å². The minimum atomic E-state index is -4.23. The molecule has 7 aromatic rings. The highest BCUT2D eigenvalue weighted by atomic mass is 35.5. The number of nitrogens with zero attached hydrogens (tertiary/aromatic N) is 10. The van der Waals surface area contributed by atoms with Crippen molar-refractivity contribution >= 4 is 148 Å². The maximum Gasteiger partial charge on any atom is 0.411 e. The van der Waals surface area contributed by atoms with E-state index in [9.17, 15) is 47.8 Å². The molecular weight excluding hydrogens is 1400 g/mol. The molecule has 1 atom stereocenters. The average Bonchev–Trinajstić information content (AvgIpc) is 0.775. The van der Waals surface area contributed by atoms with Crippen LogP contribution in [-0.2, 0) is 35.0 Å². The first-order valence-corrected chi connectivity index (χ1v) is 35.2. The minimum Gasteiger partial charge on any atom is -0.447 e. The molecule has 0 spiro atoms. The summed E-state index contributed by atoms with van der Waals surface area (Å²) in [6, 6.07) is 34.4. The Balaban J connectivity index is 0.000000404. The second-order valence-electron chi connectivity index (χ2n) is 21.0. The van der Waals surface area contributed by atoms with Gasteiger partial charge < -0.3 is 31.3 Å². The van der Waals surface area contributed by atoms with Crippen molar-refractivity contribution in [2.75, 3.05) is 68.3 Å². The van der Waals surface area contributed by atoms with Crippen LogP contribution in [0.5, 0.6) is 0 Å². The first-order valence-electron chi connectivity index (χ1n) is 29.7. The number of anilines is 7. The lowest BCUT2D eigenvalue weighted by Crippen LogP contribution is -2.38. The van der Waals surface area contributed by atoms with Crippen LogP contribution in [0.3, 0.4) is 0 Å². The number of nitro benzene ring substituents is 2. The Labute approximate surface area is 592 Å². The molecule has 0 radical (unpaired) electrons. The number of nitrogens with one attached hydrogen (secondary N) is 4. The summed E-state index contributed by atoms with van der Waals surface area (Å²) in [5.41, 5.74) is 6.68. The highest BCUT2D eigenvalue weighted by Gasteiger charge is 2.34. The van der Waals surface area contributed by atoms with E-state index < -0.39 is 58.5 Å². The summed E-state index contributed by atoms with van der Waals surface area (Å²) < 4.78 is 34.3. The van der Waals surface area contributed by atoms with Crippen molar-refractivity contribution in [1.82, 2.24) is 24.7 Å². The fourth-order valence-electron chi connectivity index (χ4n) is 7.66. The predicted molar refractivity (Wildman–Crippen MR) is 393 cm³/mol. The Kier molecular flexibility index (Phi) is 37.8. The molecule has 3 amide bonds. The number of amides is 3. The van der Waals surface area contributed by atoms with Gasteiger partial charge in [0, 0.05) is 60.8 Å². The van der Waals surface area contributed by atoms with Gasteiger partial charge in [-0.1, -0.05) is 127 Å². The van der Waals surface area contributed by atoms with E-state index in [4.69, 9.17) is 74.9 Å². The van der Waals surface area contributed by atoms with Gasteiger partial charge in [0.15, 0.2) is 5.69 Å². The molecule has 7 rings (SSSR count). The lowest BCUT2D eigenvalue weighted by Gasteiger charge is -2.25. The van der Waals surface area contributed by atoms with E-state index in [-0.39, 0.29) is 63.6 Å². The Bertz CT molecular complexity index is 3880. The molecule has 0 bridgehead atoms. The van der Waals surface area contributed by atoms with Gasteiger partial charge in [-0.15, -0.1) is 21.8 Å². The lowest BCUT2D eigenvalue weighted by atomic mass is 10.2. The Morgan fingerprint density at radius 1 is 0.742 bits per heavy atom. The number of carbonyl (C=O) groups is 3. The number of sulfonamides is 1. The Hall–Kier alpha value is -8.69. The van der Waals surface area contributed by atoms with Gasteiger partial charge in [-0.2, -0.15) is 33.2 Å². The number of rotatable bonds is 21. The summed E-state index contributed by atoms with van der Waals surface area (Å²) in [7, 11) is -5.08. The van der Waals surface area contributed by atoms with E-state index in [1.165, 1.54) is 15.8 Å². The van der Waals surface area contributed by atoms with Crippen molar-refractivity contribution in [3.63, 3.8) is 0 Å². The molecule has 524 valence electrons. The first-order chi connectivity index (χ1) is 45.7. The van der Waals surface area contributed by atoms with E-state index in [1.54, 1.807) is 61.6 Å². The predicted octanol–water partition coefficient (Wildman–Crippen LogP) is 14.8. The van der Waals surface area contributed by atoms with Gasteiger partial charge in [0.25, 0.3) is 15.6 Å². The van der Waals surface area contributed by atoms with Gasteiger partial charge in [0.2, 0.25) is 29.0 Å². The number of hydrogen-bond acceptors (Lipinski definition) is 19. The summed E-state index contributed by atoms with van der Waals surface area (Å²) in [5, 5.41) is 39.5. The normalized spacial score (nSPS) is 10.7. The molecule has 1 unspecified atom stereocenters. The molecule has 2 aromatic heterocycles. The molecule has 26 nitrogen and oxygen atoms in total. The van der Waals surface area contributed by atoms with Crippen LogP contribution in [-0.4, -0.2) is 117 Å². The van der Waals surface area contributed by atoms with Gasteiger partial charge in [0.05, 0.1) is 49.6 Å². The number of ether oxygens (including phenoxy) is 1. The number of nitrogen functional groups attached to an aromatic ring is 1. The van der Waals surface area contributed by atoms with Crippen LogP contribution in [0.15, 0.2) is 141 Å². The Morgan fingerprint density at radius 2 is 1.25 bits per heavy atom. The summed E-state index contributed by atoms with van der Waals surface area (Å²) in [6.45, 7) is 19.7. The second kappa shape index (κ2) is 43.5. The smallest absolute Gasteiger partial charge is 0.411 e. The maximum absolute atomic E-state index is 12.3. The SMILES string of the molecule is C#CC(C)N(C(=O)CCl)c1ccccc1.CC(C)Nc1nc(Cl)nc(NC(C)C)n1.CC(C)OC(=O)Nc1ccccc1.CCC(=O)Nc1ccc(Cl)c(Cl)c1.CCCN(CCC)c1c([N+](=O)[O-])cc(S(=O)(=O)N=S(C)C)cc1[N+](=O)[O-].Nc1cnn(-c2ccccc2)c(=O)c1Cl. The van der Waals surface area contributed by atoms with Crippen LogP contribution in [0.25, 0.3) is 5.69 Å². The zero-order chi connectivity index (χ0) is 73.1. The number of nitrogens with two attached hydrogens (primary N) is 1. The zero-order valence-corrected chi connectivity index (χ0v) is 60.9. The van der Waals surface area contributed by atoms with E-state index in [1.807, 2.05) is 134 Å². The van der Waals surface area contributed by atoms with Crippen LogP contribution < -0.4 is 42.4 Å². The fourth-order valence-corrected chi connectivity index (χ4v) is 10.8. The third kappa shape index (κ3) is 30.5. The molecule has 6 N–H and O–H groups in total. The van der Waals surface area contributed by atoms with Gasteiger partial charge in [-0.05, 0) is 140 Å². The molecular formula is C64H80Cl5N15O11S2. The van der Waals surface area contributed by atoms with E-state index in [0.29, 0.717) is 65.7 Å². The summed E-state index contributed by atoms with van der Waals surface area (Å²) in [4.78, 5) is 81.5. The molecule has 0 aliphatic heterocycles. The lowest BCUT2D eigenvalue weighted by molar-refractivity contribution is -0.393. The van der Waals surface area contributed by atoms with Crippen LogP contribution in [0.4, 0.5) is 56.5 Å². The number of para-hydroxylation sites is 3. The number of nitro groups is 2. The van der Waals surface area contributed by atoms with Crippen molar-refractivity contribution in [3.8, 4) is 18.0 Å². The van der Waals surface area contributed by atoms with Crippen LogP contribution in [0, 0.1) is 32.6 Å². The van der Waals surface area contributed by atoms with Gasteiger partial charge >= 0.3 is 17.5 Å². The molecule has 0 saturated carbocycles. The molecule has 2 heterocycles. The van der Waals surface area contributed by atoms with Crippen LogP contribution in [0.1, 0.15) is 88.5 Å². The second-order valence-corrected chi connectivity index (χ2v) is 26.4. The number of terminal acetylenes is 1. The molecule has 0 aliphatic carbocycles. The van der Waals surface area contributed by atoms with Crippen molar-refractivity contribution in [2.45, 2.75) is 118 Å². The highest BCUT2D eigenvalue weighted by molar-refractivity contribution is 7.99. The maximum atomic E-state index is 12.3. The summed E-state index contributed by atoms with van der Waals surface area (Å²) in [6.07, 6.45) is 11.0. The third-order valence-corrected chi connectivity index (χ3v) is 15.9. The molecule has 33 heteroatoms. The fraction of sp³-hybridized carbons (Fsp3) is 0.344. The molecule has 0 aliphatic rings. The minimum absolute atomic E-state index is 0.00569. The summed E-state index contributed by atoms with van der Waals surface area (Å²) in [5.74, 6) is 3.21. The van der Waals surface area contributed by atoms with E-state index in [2.05, 4.69) is 51.0 Å². The van der Waals surface area contributed by atoms with E-state index >= 15 is 0 Å². The van der Waals surface area contributed by atoms with Crippen molar-refractivity contribution in [1.29, 1.82) is 0 Å². The quantitative estimate of drug-likeness (QED) is 0.0193. The standard InChI is InChI=1S/C14H22N4O6S2.C12H12ClNO.C10H8ClN3O.C10H13NO2.C9H9Cl2NO.C9H16ClN5/c1-5-7-16(8-6-2)14-12(17(19)20)9-11(10-13(14)18(21)22)26(23,24)15-25(3)4;1-3-10(2)14(12(15)9-13)11-7-5-4-6-8-11;11-9-8(12)6-13-14(10(9)15)7-4-2-1-3-5-7;1-8(2)13-10(12)11-9-6-4-3-5-7-9;1-2-9(13)12-6-3-4-7(10)8(11)5-6;1-5(2)11-8-13-7(10)14-9(15-8)12-6(3)4/h9-10H,5-8H2,1-4H3;1,4-8,10H,9H2,2H3;1-6H,12H2;3-8H,1-2H3,(H,11,12);3-5H,2H2,1H3,(H,12,13);5-6H,1-4H3,(H2,11,12,13,14,15). The zero-order valence-electron chi connectivity index (χ0n) is 55.5. The van der Waals surface area contributed by atoms with Gasteiger partial charge in [0.1, 0.15) is 15.8 Å². The number of hydrogen-bond donors (Lipinski definition) is 5. The largest absolute Gasteiger partial charge is 0.447 e. The number of benzene rings is 5. The topological polar surface area (TPSA) is 347 Å². The number of carbonyl (C=O) groups excluding carboxylic acids is 3. The number of halogens is 5. The van der Waals surface area contributed by atoms with Crippen molar-refractivity contribution < 1.29 is 37.4 Å². The molecule has 0 fully saturated rings. The number of aromatic nitrogens is 5. The first kappa shape index (κ1) is 84.4. The third-order valence-electron chi connectivity index (χ3n) is 11.6. The Morgan fingerprint density at radius 3 is 1.68 bits per heavy atom. The average molecular weight is 1480 g/mol. The highest BCUT2D eigenvalue weighted by Crippen LogP contribution is 2.41. The van der Waals surface area contributed by atoms with Crippen molar-refractivity contribution in [2.24, 2.45) is 3.77 Å². The molecule has 0 saturated heterocycles. The molecule has 5 aromatic carbocycles. The van der Waals surface area contributed by atoms with Crippen LogP contribution >= 0.6 is 58.0 Å². The summed E-state index contributed by atoms with van der Waals surface area (Å²) >= 11 is 28.5. The van der Waals surface area contributed by atoms with Crippen LogP contribution in [0.2, 0.25) is 20.4 Å². The monoisotopic (exact) mass is 1470 g/mol. The molecule has 97 heavy (non-hydrogen) atoms. The number of alkyl halides is 1. The van der Waals surface area contributed by atoms with Crippen molar-refractivity contribution in [3.05, 3.63) is 178 Å². The van der Waals surface area contributed by atoms with Gasteiger partial charge in [-0.3, -0.25) is 44.8 Å².